The summed E-state index contributed by atoms with van der Waals surface area (Å²) < 4.78 is 26.1. The fourth-order valence-corrected chi connectivity index (χ4v) is 1.35. The minimum absolute atomic E-state index is 0.102. The van der Waals surface area contributed by atoms with Crippen LogP contribution in [0, 0.1) is 17.6 Å². The van der Waals surface area contributed by atoms with Crippen molar-refractivity contribution in [2.24, 2.45) is 5.92 Å². The number of hydrogen-bond donors (Lipinski definition) is 1. The third-order valence-electron chi connectivity index (χ3n) is 2.59. The van der Waals surface area contributed by atoms with Crippen LogP contribution in [0.4, 0.5) is 8.78 Å². The Kier molecular flexibility index (Phi) is 3.39. The van der Waals surface area contributed by atoms with Crippen LogP contribution >= 0.6 is 0 Å². The molecule has 2 atom stereocenters. The largest absolute Gasteiger partial charge is 0.481 e. The topological polar surface area (TPSA) is 37.3 Å². The summed E-state index contributed by atoms with van der Waals surface area (Å²) in [5, 5.41) is 8.76. The maximum atomic E-state index is 13.3. The first-order valence-electron chi connectivity index (χ1n) is 4.61. The van der Waals surface area contributed by atoms with Gasteiger partial charge < -0.3 is 5.11 Å². The van der Waals surface area contributed by atoms with Crippen molar-refractivity contribution in [2.45, 2.75) is 19.8 Å². The van der Waals surface area contributed by atoms with Crippen LogP contribution in [0.5, 0.6) is 0 Å². The van der Waals surface area contributed by atoms with Gasteiger partial charge in [0, 0.05) is 0 Å². The van der Waals surface area contributed by atoms with Crippen LogP contribution in [-0.4, -0.2) is 11.1 Å². The van der Waals surface area contributed by atoms with Crippen molar-refractivity contribution in [2.75, 3.05) is 0 Å². The minimum atomic E-state index is -1.02. The maximum Gasteiger partial charge on any atom is 0.306 e. The van der Waals surface area contributed by atoms with E-state index in [0.717, 1.165) is 18.2 Å². The van der Waals surface area contributed by atoms with Crippen LogP contribution < -0.4 is 0 Å². The van der Waals surface area contributed by atoms with Crippen molar-refractivity contribution in [1.82, 2.24) is 0 Å². The van der Waals surface area contributed by atoms with Gasteiger partial charge in [-0.3, -0.25) is 4.79 Å². The molecule has 1 aromatic carbocycles. The summed E-state index contributed by atoms with van der Waals surface area (Å²) in [5.41, 5.74) is 0.102. The first-order valence-corrected chi connectivity index (χ1v) is 4.61. The molecule has 4 heteroatoms. The van der Waals surface area contributed by atoms with E-state index in [-0.39, 0.29) is 5.56 Å². The smallest absolute Gasteiger partial charge is 0.306 e. The molecule has 0 amide bonds. The minimum Gasteiger partial charge on any atom is -0.481 e. The molecular weight excluding hydrogens is 202 g/mol. The third kappa shape index (κ3) is 2.52. The van der Waals surface area contributed by atoms with Gasteiger partial charge in [-0.15, -0.1) is 0 Å². The molecule has 0 spiro atoms. The number of carboxylic acids is 1. The second-order valence-electron chi connectivity index (χ2n) is 3.58. The molecule has 0 heterocycles. The lowest BCUT2D eigenvalue weighted by molar-refractivity contribution is -0.141. The molecule has 2 nitrogen and oxygen atoms in total. The van der Waals surface area contributed by atoms with Crippen LogP contribution in [0.15, 0.2) is 18.2 Å². The Morgan fingerprint density at radius 3 is 2.47 bits per heavy atom. The number of halogens is 2. The average molecular weight is 214 g/mol. The van der Waals surface area contributed by atoms with E-state index in [1.807, 2.05) is 0 Å². The molecule has 1 aromatic rings. The van der Waals surface area contributed by atoms with Gasteiger partial charge in [0.25, 0.3) is 0 Å². The number of carboxylic acid groups (broad SMARTS) is 1. The first-order chi connectivity index (χ1) is 6.93. The molecule has 0 aliphatic carbocycles. The average Bonchev–Trinajstić information content (AvgIpc) is 2.19. The molecule has 82 valence electrons. The summed E-state index contributed by atoms with van der Waals surface area (Å²) in [6.45, 7) is 3.04. The summed E-state index contributed by atoms with van der Waals surface area (Å²) in [4.78, 5) is 10.7. The standard InChI is InChI=1S/C11H12F2O2/c1-6(7(2)11(14)15)9-5-8(12)3-4-10(9)13/h3-7H,1-2H3,(H,14,15). The molecule has 0 saturated heterocycles. The number of hydrogen-bond acceptors (Lipinski definition) is 1. The van der Waals surface area contributed by atoms with Gasteiger partial charge in [-0.25, -0.2) is 8.78 Å². The van der Waals surface area contributed by atoms with Crippen molar-refractivity contribution >= 4 is 5.97 Å². The second kappa shape index (κ2) is 4.38. The van der Waals surface area contributed by atoms with Gasteiger partial charge in [-0.2, -0.15) is 0 Å². The summed E-state index contributed by atoms with van der Waals surface area (Å²) >= 11 is 0. The fraction of sp³-hybridized carbons (Fsp3) is 0.364. The van der Waals surface area contributed by atoms with Crippen molar-refractivity contribution in [3.8, 4) is 0 Å². The summed E-state index contributed by atoms with van der Waals surface area (Å²) in [7, 11) is 0. The SMILES string of the molecule is CC(C(=O)O)C(C)c1cc(F)ccc1F. The Balaban J connectivity index is 3.04. The van der Waals surface area contributed by atoms with Gasteiger partial charge in [-0.1, -0.05) is 13.8 Å². The highest BCUT2D eigenvalue weighted by molar-refractivity contribution is 5.70. The monoisotopic (exact) mass is 214 g/mol. The Hall–Kier alpha value is -1.45. The van der Waals surface area contributed by atoms with E-state index < -0.39 is 29.4 Å². The Bertz CT molecular complexity index is 377. The van der Waals surface area contributed by atoms with Crippen molar-refractivity contribution in [1.29, 1.82) is 0 Å². The van der Waals surface area contributed by atoms with Crippen molar-refractivity contribution < 1.29 is 18.7 Å². The highest BCUT2D eigenvalue weighted by Gasteiger charge is 2.23. The number of rotatable bonds is 3. The number of aliphatic carboxylic acids is 1. The van der Waals surface area contributed by atoms with Gasteiger partial charge in [0.15, 0.2) is 0 Å². The van der Waals surface area contributed by atoms with Crippen molar-refractivity contribution in [3.05, 3.63) is 35.4 Å². The molecule has 2 unspecified atom stereocenters. The zero-order valence-electron chi connectivity index (χ0n) is 8.50. The molecule has 1 N–H and O–H groups in total. The molecule has 0 bridgehead atoms. The lowest BCUT2D eigenvalue weighted by Gasteiger charge is -2.16. The van der Waals surface area contributed by atoms with Gasteiger partial charge in [0.1, 0.15) is 11.6 Å². The van der Waals surface area contributed by atoms with E-state index >= 15 is 0 Å². The molecule has 0 saturated carbocycles. The Morgan fingerprint density at radius 1 is 1.33 bits per heavy atom. The van der Waals surface area contributed by atoms with Gasteiger partial charge in [0.05, 0.1) is 5.92 Å². The fourth-order valence-electron chi connectivity index (χ4n) is 1.35. The predicted molar refractivity (Wildman–Crippen MR) is 51.6 cm³/mol. The van der Waals surface area contributed by atoms with Crippen LogP contribution in [0.1, 0.15) is 25.3 Å². The normalized spacial score (nSPS) is 14.7. The molecular formula is C11H12F2O2. The first kappa shape index (κ1) is 11.6. The van der Waals surface area contributed by atoms with E-state index in [9.17, 15) is 13.6 Å². The predicted octanol–water partition coefficient (Wildman–Crippen LogP) is 2.79. The molecule has 0 fully saturated rings. The van der Waals surface area contributed by atoms with E-state index in [0.29, 0.717) is 0 Å². The molecule has 15 heavy (non-hydrogen) atoms. The van der Waals surface area contributed by atoms with Gasteiger partial charge in [-0.05, 0) is 29.7 Å². The van der Waals surface area contributed by atoms with E-state index in [2.05, 4.69) is 0 Å². The zero-order valence-corrected chi connectivity index (χ0v) is 8.50. The number of benzene rings is 1. The van der Waals surface area contributed by atoms with Crippen LogP contribution in [0.25, 0.3) is 0 Å². The lowest BCUT2D eigenvalue weighted by atomic mass is 9.88. The maximum absolute atomic E-state index is 13.3. The highest BCUT2D eigenvalue weighted by Crippen LogP contribution is 2.27. The van der Waals surface area contributed by atoms with Gasteiger partial charge >= 0.3 is 5.97 Å². The van der Waals surface area contributed by atoms with Crippen LogP contribution in [-0.2, 0) is 4.79 Å². The third-order valence-corrected chi connectivity index (χ3v) is 2.59. The molecule has 1 rings (SSSR count). The molecule has 0 aliphatic heterocycles. The van der Waals surface area contributed by atoms with Gasteiger partial charge in [0.2, 0.25) is 0 Å². The molecule has 0 aromatic heterocycles. The number of carbonyl (C=O) groups is 1. The Labute approximate surface area is 86.5 Å². The lowest BCUT2D eigenvalue weighted by Crippen LogP contribution is -2.17. The second-order valence-corrected chi connectivity index (χ2v) is 3.58. The molecule has 0 aliphatic rings. The Morgan fingerprint density at radius 2 is 1.93 bits per heavy atom. The van der Waals surface area contributed by atoms with Crippen LogP contribution in [0.2, 0.25) is 0 Å². The summed E-state index contributed by atoms with van der Waals surface area (Å²) in [6, 6.07) is 3.06. The summed E-state index contributed by atoms with van der Waals surface area (Å²) in [6.07, 6.45) is 0. The quantitative estimate of drug-likeness (QED) is 0.840. The molecule has 0 radical (unpaired) electrons. The van der Waals surface area contributed by atoms with E-state index in [1.165, 1.54) is 6.92 Å². The zero-order chi connectivity index (χ0) is 11.6. The van der Waals surface area contributed by atoms with E-state index in [1.54, 1.807) is 6.92 Å². The van der Waals surface area contributed by atoms with Crippen molar-refractivity contribution in [3.63, 3.8) is 0 Å². The summed E-state index contributed by atoms with van der Waals surface area (Å²) in [5.74, 6) is -3.46. The highest BCUT2D eigenvalue weighted by atomic mass is 19.1. The van der Waals surface area contributed by atoms with E-state index in [4.69, 9.17) is 5.11 Å². The van der Waals surface area contributed by atoms with Crippen LogP contribution in [0.3, 0.4) is 0 Å².